The Morgan fingerprint density at radius 1 is 1.38 bits per heavy atom. The molecule has 3 rings (SSSR count). The van der Waals surface area contributed by atoms with Gasteiger partial charge in [-0.15, -0.1) is 11.8 Å². The van der Waals surface area contributed by atoms with Gasteiger partial charge in [0.05, 0.1) is 19.1 Å². The lowest BCUT2D eigenvalue weighted by molar-refractivity contribution is -0.138. The molecule has 1 aromatic rings. The van der Waals surface area contributed by atoms with Crippen LogP contribution in [0.1, 0.15) is 35.7 Å². The van der Waals surface area contributed by atoms with Crippen molar-refractivity contribution in [1.82, 2.24) is 10.2 Å². The molecule has 8 heteroatoms. The topological polar surface area (TPSA) is 84.9 Å². The van der Waals surface area contributed by atoms with Gasteiger partial charge in [0.1, 0.15) is 17.4 Å². The van der Waals surface area contributed by atoms with Crippen LogP contribution >= 0.6 is 11.8 Å². The standard InChI is InChI=1S/C18H22N2O5S/c1-18-7-6-15(21)20(18)13(10-26-18)16(22)19-9-11-4-5-14(24-2)12(8-11)17(23)25-3/h4-5,8,13H,6-7,9-10H2,1-3H3,(H,19,22). The van der Waals surface area contributed by atoms with E-state index in [0.717, 1.165) is 12.0 Å². The van der Waals surface area contributed by atoms with Crippen LogP contribution in [0, 0.1) is 0 Å². The van der Waals surface area contributed by atoms with Crippen molar-refractivity contribution in [2.24, 2.45) is 0 Å². The van der Waals surface area contributed by atoms with Crippen LogP contribution in [0.25, 0.3) is 0 Å². The van der Waals surface area contributed by atoms with E-state index in [1.54, 1.807) is 34.9 Å². The number of carbonyl (C=O) groups excluding carboxylic acids is 3. The SMILES string of the molecule is COC(=O)c1cc(CNC(=O)C2CSC3(C)CCC(=O)N23)ccc1OC. The largest absolute Gasteiger partial charge is 0.496 e. The second-order valence-electron chi connectivity index (χ2n) is 6.51. The van der Waals surface area contributed by atoms with Gasteiger partial charge in [-0.25, -0.2) is 4.79 Å². The molecular weight excluding hydrogens is 356 g/mol. The number of amides is 2. The van der Waals surface area contributed by atoms with Crippen molar-refractivity contribution >= 4 is 29.5 Å². The third kappa shape index (κ3) is 3.25. The second kappa shape index (κ2) is 7.19. The Morgan fingerprint density at radius 2 is 2.15 bits per heavy atom. The normalized spacial score (nSPS) is 24.3. The number of ether oxygens (including phenoxy) is 2. The smallest absolute Gasteiger partial charge is 0.341 e. The molecule has 2 saturated heterocycles. The summed E-state index contributed by atoms with van der Waals surface area (Å²) in [5.74, 6) is 0.379. The summed E-state index contributed by atoms with van der Waals surface area (Å²) >= 11 is 1.66. The Bertz CT molecular complexity index is 753. The third-order valence-electron chi connectivity index (χ3n) is 4.88. The molecule has 1 N–H and O–H groups in total. The van der Waals surface area contributed by atoms with E-state index in [4.69, 9.17) is 9.47 Å². The summed E-state index contributed by atoms with van der Waals surface area (Å²) in [7, 11) is 2.78. The number of fused-ring (bicyclic) bond motifs is 1. The Labute approximate surface area is 156 Å². The van der Waals surface area contributed by atoms with Crippen LogP contribution in [0.3, 0.4) is 0 Å². The number of rotatable bonds is 5. The second-order valence-corrected chi connectivity index (χ2v) is 8.01. The lowest BCUT2D eigenvalue weighted by Gasteiger charge is -2.29. The maximum absolute atomic E-state index is 12.6. The van der Waals surface area contributed by atoms with Gasteiger partial charge in [0.25, 0.3) is 0 Å². The average Bonchev–Trinajstić information content (AvgIpc) is 3.14. The highest BCUT2D eigenvalue weighted by atomic mass is 32.2. The zero-order valence-electron chi connectivity index (χ0n) is 15.0. The zero-order chi connectivity index (χ0) is 18.9. The minimum atomic E-state index is -0.499. The summed E-state index contributed by atoms with van der Waals surface area (Å²) in [4.78, 5) is 38.1. The summed E-state index contributed by atoms with van der Waals surface area (Å²) in [6.07, 6.45) is 1.27. The van der Waals surface area contributed by atoms with Gasteiger partial charge < -0.3 is 19.7 Å². The van der Waals surface area contributed by atoms with E-state index in [-0.39, 0.29) is 23.2 Å². The summed E-state index contributed by atoms with van der Waals surface area (Å²) in [5.41, 5.74) is 1.06. The molecule has 0 radical (unpaired) electrons. The molecule has 2 atom stereocenters. The van der Waals surface area contributed by atoms with Crippen LogP contribution in [-0.2, 0) is 20.9 Å². The van der Waals surface area contributed by atoms with Crippen LogP contribution in [0.15, 0.2) is 18.2 Å². The Balaban J connectivity index is 1.68. The van der Waals surface area contributed by atoms with E-state index in [0.29, 0.717) is 23.5 Å². The van der Waals surface area contributed by atoms with Gasteiger partial charge in [0.15, 0.2) is 0 Å². The van der Waals surface area contributed by atoms with Crippen molar-refractivity contribution in [3.05, 3.63) is 29.3 Å². The first-order valence-corrected chi connectivity index (χ1v) is 9.37. The van der Waals surface area contributed by atoms with Gasteiger partial charge in [0.2, 0.25) is 11.8 Å². The Morgan fingerprint density at radius 3 is 2.85 bits per heavy atom. The third-order valence-corrected chi connectivity index (χ3v) is 6.39. The molecule has 2 aliphatic heterocycles. The average molecular weight is 378 g/mol. The first kappa shape index (κ1) is 18.6. The highest BCUT2D eigenvalue weighted by molar-refractivity contribution is 8.01. The Kier molecular flexibility index (Phi) is 5.13. The summed E-state index contributed by atoms with van der Waals surface area (Å²) < 4.78 is 9.92. The highest BCUT2D eigenvalue weighted by Gasteiger charge is 2.52. The summed E-state index contributed by atoms with van der Waals surface area (Å²) in [6.45, 7) is 2.27. The van der Waals surface area contributed by atoms with Gasteiger partial charge in [-0.2, -0.15) is 0 Å². The highest BCUT2D eigenvalue weighted by Crippen LogP contribution is 2.47. The van der Waals surface area contributed by atoms with E-state index in [1.165, 1.54) is 14.2 Å². The molecule has 7 nitrogen and oxygen atoms in total. The Hall–Kier alpha value is -2.22. The van der Waals surface area contributed by atoms with E-state index in [2.05, 4.69) is 5.32 Å². The van der Waals surface area contributed by atoms with Crippen molar-refractivity contribution in [2.75, 3.05) is 20.0 Å². The molecule has 0 aromatic heterocycles. The first-order chi connectivity index (χ1) is 12.4. The summed E-state index contributed by atoms with van der Waals surface area (Å²) in [5, 5.41) is 2.87. The molecule has 1 aromatic carbocycles. The van der Waals surface area contributed by atoms with E-state index in [1.807, 2.05) is 6.92 Å². The molecular formula is C18H22N2O5S. The van der Waals surface area contributed by atoms with Crippen LogP contribution < -0.4 is 10.1 Å². The van der Waals surface area contributed by atoms with Crippen LogP contribution in [0.4, 0.5) is 0 Å². The fourth-order valence-corrected chi connectivity index (χ4v) is 4.89. The number of hydrogen-bond acceptors (Lipinski definition) is 6. The van der Waals surface area contributed by atoms with E-state index >= 15 is 0 Å². The van der Waals surface area contributed by atoms with Gasteiger partial charge in [0, 0.05) is 18.7 Å². The predicted octanol–water partition coefficient (Wildman–Crippen LogP) is 1.55. The van der Waals surface area contributed by atoms with Crippen molar-refractivity contribution in [1.29, 1.82) is 0 Å². The molecule has 2 fully saturated rings. The van der Waals surface area contributed by atoms with Gasteiger partial charge in [-0.3, -0.25) is 9.59 Å². The monoisotopic (exact) mass is 378 g/mol. The van der Waals surface area contributed by atoms with Crippen molar-refractivity contribution in [2.45, 2.75) is 37.2 Å². The number of benzene rings is 1. The molecule has 0 bridgehead atoms. The van der Waals surface area contributed by atoms with Crippen molar-refractivity contribution < 1.29 is 23.9 Å². The predicted molar refractivity (Wildman–Crippen MR) is 96.9 cm³/mol. The molecule has 2 unspecified atom stereocenters. The zero-order valence-corrected chi connectivity index (χ0v) is 15.9. The minimum Gasteiger partial charge on any atom is -0.496 e. The van der Waals surface area contributed by atoms with Crippen molar-refractivity contribution in [3.63, 3.8) is 0 Å². The summed E-state index contributed by atoms with van der Waals surface area (Å²) in [6, 6.07) is 4.64. The van der Waals surface area contributed by atoms with Gasteiger partial charge in [-0.05, 0) is 31.0 Å². The molecule has 0 spiro atoms. The van der Waals surface area contributed by atoms with Crippen molar-refractivity contribution in [3.8, 4) is 5.75 Å². The van der Waals surface area contributed by atoms with Crippen LogP contribution in [-0.4, -0.2) is 53.6 Å². The number of nitrogens with zero attached hydrogens (tertiary/aromatic N) is 1. The number of hydrogen-bond donors (Lipinski definition) is 1. The first-order valence-electron chi connectivity index (χ1n) is 8.38. The van der Waals surface area contributed by atoms with Crippen LogP contribution in [0.5, 0.6) is 5.75 Å². The number of esters is 1. The molecule has 26 heavy (non-hydrogen) atoms. The van der Waals surface area contributed by atoms with E-state index < -0.39 is 12.0 Å². The van der Waals surface area contributed by atoms with Crippen LogP contribution in [0.2, 0.25) is 0 Å². The van der Waals surface area contributed by atoms with E-state index in [9.17, 15) is 14.4 Å². The molecule has 2 aliphatic rings. The van der Waals surface area contributed by atoms with Gasteiger partial charge in [-0.1, -0.05) is 6.07 Å². The molecule has 2 amide bonds. The maximum atomic E-state index is 12.6. The number of carbonyl (C=O) groups is 3. The molecule has 2 heterocycles. The fraction of sp³-hybridized carbons (Fsp3) is 0.500. The number of thioether (sulfide) groups is 1. The number of nitrogens with one attached hydrogen (secondary N) is 1. The quantitative estimate of drug-likeness (QED) is 0.783. The minimum absolute atomic E-state index is 0.0371. The maximum Gasteiger partial charge on any atom is 0.341 e. The number of methoxy groups -OCH3 is 2. The fourth-order valence-electron chi connectivity index (χ4n) is 3.46. The lowest BCUT2D eigenvalue weighted by atomic mass is 10.1. The molecule has 0 aliphatic carbocycles. The lowest BCUT2D eigenvalue weighted by Crippen LogP contribution is -2.49. The molecule has 140 valence electrons. The molecule has 0 saturated carbocycles. The van der Waals surface area contributed by atoms with Gasteiger partial charge >= 0.3 is 5.97 Å².